The first-order chi connectivity index (χ1) is 8.82. The van der Waals surface area contributed by atoms with E-state index >= 15 is 0 Å². The highest BCUT2D eigenvalue weighted by Gasteiger charge is 2.30. The van der Waals surface area contributed by atoms with Crippen molar-refractivity contribution >= 4 is 23.3 Å². The molecular formula is C12H13F3N2OS. The summed E-state index contributed by atoms with van der Waals surface area (Å²) in [6, 6.07) is 3.55. The van der Waals surface area contributed by atoms with Gasteiger partial charge in [0, 0.05) is 7.11 Å². The molecule has 0 saturated carbocycles. The van der Waals surface area contributed by atoms with E-state index in [2.05, 4.69) is 4.98 Å². The SMILES string of the molecule is COC(C)Cn1c(=S)[nH]c2cc(C(F)(F)F)ccc21. The predicted octanol–water partition coefficient (Wildman–Crippen LogP) is 3.75. The lowest BCUT2D eigenvalue weighted by Gasteiger charge is -2.11. The second-order valence-corrected chi connectivity index (χ2v) is 4.70. The maximum atomic E-state index is 12.6. The predicted molar refractivity (Wildman–Crippen MR) is 68.6 cm³/mol. The van der Waals surface area contributed by atoms with Crippen LogP contribution in [0, 0.1) is 4.77 Å². The van der Waals surface area contributed by atoms with E-state index in [1.165, 1.54) is 6.07 Å². The Balaban J connectivity index is 2.51. The molecule has 0 aliphatic rings. The normalized spacial score (nSPS) is 13.9. The largest absolute Gasteiger partial charge is 0.416 e. The summed E-state index contributed by atoms with van der Waals surface area (Å²) in [4.78, 5) is 2.79. The van der Waals surface area contributed by atoms with Crippen LogP contribution in [0.3, 0.4) is 0 Å². The van der Waals surface area contributed by atoms with Gasteiger partial charge < -0.3 is 14.3 Å². The van der Waals surface area contributed by atoms with E-state index in [1.807, 2.05) is 6.92 Å². The van der Waals surface area contributed by atoms with Gasteiger partial charge in [-0.3, -0.25) is 0 Å². The molecule has 1 unspecified atom stereocenters. The Morgan fingerprint density at radius 1 is 1.42 bits per heavy atom. The summed E-state index contributed by atoms with van der Waals surface area (Å²) in [5.74, 6) is 0. The number of rotatable bonds is 3. The van der Waals surface area contributed by atoms with Crippen molar-refractivity contribution in [3.05, 3.63) is 28.5 Å². The summed E-state index contributed by atoms with van der Waals surface area (Å²) in [6.45, 7) is 2.35. The molecule has 0 radical (unpaired) electrons. The molecule has 0 spiro atoms. The molecule has 1 heterocycles. The smallest absolute Gasteiger partial charge is 0.380 e. The van der Waals surface area contributed by atoms with E-state index in [9.17, 15) is 13.2 Å². The molecule has 0 amide bonds. The monoisotopic (exact) mass is 290 g/mol. The first-order valence-corrected chi connectivity index (χ1v) is 6.06. The average Bonchev–Trinajstić information content (AvgIpc) is 2.64. The van der Waals surface area contributed by atoms with Crippen molar-refractivity contribution in [1.82, 2.24) is 9.55 Å². The highest BCUT2D eigenvalue weighted by Crippen LogP contribution is 2.31. The first kappa shape index (κ1) is 14.1. The van der Waals surface area contributed by atoms with Gasteiger partial charge in [-0.2, -0.15) is 13.2 Å². The number of H-pyrrole nitrogens is 1. The number of methoxy groups -OCH3 is 1. The zero-order valence-electron chi connectivity index (χ0n) is 10.4. The number of hydrogen-bond donors (Lipinski definition) is 1. The third kappa shape index (κ3) is 2.82. The number of hydrogen-bond acceptors (Lipinski definition) is 2. The number of fused-ring (bicyclic) bond motifs is 1. The van der Waals surface area contributed by atoms with Crippen LogP contribution in [0.15, 0.2) is 18.2 Å². The molecular weight excluding hydrogens is 277 g/mol. The van der Waals surface area contributed by atoms with Gasteiger partial charge in [-0.1, -0.05) is 0 Å². The zero-order chi connectivity index (χ0) is 14.2. The summed E-state index contributed by atoms with van der Waals surface area (Å²) in [6.07, 6.45) is -4.43. The zero-order valence-corrected chi connectivity index (χ0v) is 11.2. The Morgan fingerprint density at radius 2 is 2.11 bits per heavy atom. The van der Waals surface area contributed by atoms with Crippen molar-refractivity contribution in [3.63, 3.8) is 0 Å². The molecule has 7 heteroatoms. The average molecular weight is 290 g/mol. The fourth-order valence-electron chi connectivity index (χ4n) is 1.85. The van der Waals surface area contributed by atoms with E-state index in [4.69, 9.17) is 17.0 Å². The van der Waals surface area contributed by atoms with Crippen molar-refractivity contribution in [2.24, 2.45) is 0 Å². The molecule has 0 bridgehead atoms. The first-order valence-electron chi connectivity index (χ1n) is 5.65. The minimum atomic E-state index is -4.36. The Bertz CT molecular complexity index is 644. The molecule has 1 aromatic carbocycles. The molecule has 2 aromatic rings. The van der Waals surface area contributed by atoms with E-state index in [1.54, 1.807) is 11.7 Å². The van der Waals surface area contributed by atoms with E-state index < -0.39 is 11.7 Å². The van der Waals surface area contributed by atoms with Crippen LogP contribution in [-0.2, 0) is 17.5 Å². The number of aromatic nitrogens is 2. The molecule has 0 aliphatic carbocycles. The lowest BCUT2D eigenvalue weighted by atomic mass is 10.2. The van der Waals surface area contributed by atoms with Crippen LogP contribution in [0.1, 0.15) is 12.5 Å². The lowest BCUT2D eigenvalue weighted by molar-refractivity contribution is -0.137. The van der Waals surface area contributed by atoms with E-state index in [0.717, 1.165) is 12.1 Å². The summed E-state index contributed by atoms with van der Waals surface area (Å²) in [5, 5.41) is 0. The molecule has 0 aliphatic heterocycles. The molecule has 104 valence electrons. The van der Waals surface area contributed by atoms with Crippen LogP contribution in [0.25, 0.3) is 11.0 Å². The van der Waals surface area contributed by atoms with Gasteiger partial charge in [0.05, 0.1) is 29.2 Å². The molecule has 0 saturated heterocycles. The number of nitrogens with one attached hydrogen (secondary N) is 1. The van der Waals surface area contributed by atoms with Gasteiger partial charge in [0.1, 0.15) is 0 Å². The minimum absolute atomic E-state index is 0.0759. The van der Waals surface area contributed by atoms with Crippen LogP contribution in [0.5, 0.6) is 0 Å². The van der Waals surface area contributed by atoms with Crippen LogP contribution >= 0.6 is 12.2 Å². The Hall–Kier alpha value is -1.34. The Kier molecular flexibility index (Phi) is 3.69. The van der Waals surface area contributed by atoms with Gasteiger partial charge in [-0.25, -0.2) is 0 Å². The second-order valence-electron chi connectivity index (χ2n) is 4.32. The van der Waals surface area contributed by atoms with E-state index in [-0.39, 0.29) is 6.10 Å². The fraction of sp³-hybridized carbons (Fsp3) is 0.417. The number of ether oxygens (including phenoxy) is 1. The van der Waals surface area contributed by atoms with Crippen LogP contribution in [0.4, 0.5) is 13.2 Å². The molecule has 3 nitrogen and oxygen atoms in total. The summed E-state index contributed by atoms with van der Waals surface area (Å²) in [5.41, 5.74) is 0.327. The van der Waals surface area contributed by atoms with Crippen molar-refractivity contribution in [3.8, 4) is 0 Å². The van der Waals surface area contributed by atoms with Gasteiger partial charge >= 0.3 is 6.18 Å². The van der Waals surface area contributed by atoms with Gasteiger partial charge in [-0.15, -0.1) is 0 Å². The maximum absolute atomic E-state index is 12.6. The van der Waals surface area contributed by atoms with Gasteiger partial charge in [0.15, 0.2) is 4.77 Å². The topological polar surface area (TPSA) is 29.9 Å². The molecule has 0 fully saturated rings. The number of alkyl halides is 3. The number of imidazole rings is 1. The highest BCUT2D eigenvalue weighted by molar-refractivity contribution is 7.71. The minimum Gasteiger partial charge on any atom is -0.380 e. The number of halogens is 3. The number of benzene rings is 1. The number of nitrogens with zero attached hydrogens (tertiary/aromatic N) is 1. The van der Waals surface area contributed by atoms with Crippen molar-refractivity contribution in [2.45, 2.75) is 25.7 Å². The molecule has 1 aromatic heterocycles. The van der Waals surface area contributed by atoms with Crippen LogP contribution < -0.4 is 0 Å². The summed E-state index contributed by atoms with van der Waals surface area (Å²) >= 11 is 5.13. The summed E-state index contributed by atoms with van der Waals surface area (Å²) < 4.78 is 45.1. The molecule has 1 N–H and O–H groups in total. The van der Waals surface area contributed by atoms with Crippen molar-refractivity contribution in [2.75, 3.05) is 7.11 Å². The fourth-order valence-corrected chi connectivity index (χ4v) is 2.14. The van der Waals surface area contributed by atoms with Gasteiger partial charge in [0.2, 0.25) is 0 Å². The third-order valence-electron chi connectivity index (χ3n) is 2.94. The second kappa shape index (κ2) is 4.97. The van der Waals surface area contributed by atoms with Crippen LogP contribution in [0.2, 0.25) is 0 Å². The molecule has 2 rings (SSSR count). The van der Waals surface area contributed by atoms with E-state index in [0.29, 0.717) is 22.3 Å². The Morgan fingerprint density at radius 3 is 2.68 bits per heavy atom. The lowest BCUT2D eigenvalue weighted by Crippen LogP contribution is -2.14. The van der Waals surface area contributed by atoms with Gasteiger partial charge in [0.25, 0.3) is 0 Å². The molecule has 19 heavy (non-hydrogen) atoms. The molecule has 1 atom stereocenters. The highest BCUT2D eigenvalue weighted by atomic mass is 32.1. The van der Waals surface area contributed by atoms with Crippen molar-refractivity contribution < 1.29 is 17.9 Å². The summed E-state index contributed by atoms with van der Waals surface area (Å²) in [7, 11) is 1.57. The maximum Gasteiger partial charge on any atom is 0.416 e. The quantitative estimate of drug-likeness (QED) is 0.872. The third-order valence-corrected chi connectivity index (χ3v) is 3.27. The number of aromatic amines is 1. The Labute approximate surface area is 113 Å². The van der Waals surface area contributed by atoms with Gasteiger partial charge in [-0.05, 0) is 37.3 Å². The van der Waals surface area contributed by atoms with Crippen molar-refractivity contribution in [1.29, 1.82) is 0 Å². The van der Waals surface area contributed by atoms with Crippen LogP contribution in [-0.4, -0.2) is 22.8 Å². The standard InChI is InChI=1S/C12H13F3N2OS/c1-7(18-2)6-17-10-4-3-8(12(13,14)15)5-9(10)16-11(17)19/h3-5,7H,6H2,1-2H3,(H,16,19).